The fourth-order valence-electron chi connectivity index (χ4n) is 2.28. The van der Waals surface area contributed by atoms with Crippen molar-refractivity contribution in [2.45, 2.75) is 32.8 Å². The Hall–Kier alpha value is -1.49. The smallest absolute Gasteiger partial charge is 0.387 e. The zero-order valence-corrected chi connectivity index (χ0v) is 14.0. The highest BCUT2D eigenvalue weighted by molar-refractivity contribution is 9.10. The second-order valence-corrected chi connectivity index (χ2v) is 5.83. The van der Waals surface area contributed by atoms with Crippen molar-refractivity contribution in [1.29, 1.82) is 0 Å². The molecule has 0 radical (unpaired) electrons. The van der Waals surface area contributed by atoms with Crippen molar-refractivity contribution in [3.8, 4) is 5.75 Å². The highest BCUT2D eigenvalue weighted by Crippen LogP contribution is 2.34. The summed E-state index contributed by atoms with van der Waals surface area (Å²) in [6, 6.07) is 3.52. The van der Waals surface area contributed by atoms with Gasteiger partial charge < -0.3 is 9.53 Å². The van der Waals surface area contributed by atoms with Crippen LogP contribution in [0, 0.1) is 5.92 Å². The molecule has 0 aliphatic carbocycles. The number of aryl methyl sites for hydroxylation is 1. The molecule has 0 saturated heterocycles. The number of hydrogen-bond donors (Lipinski definition) is 0. The Bertz CT molecular complexity index is 556. The third-order valence-corrected chi connectivity index (χ3v) is 3.94. The molecule has 120 valence electrons. The van der Waals surface area contributed by atoms with E-state index < -0.39 is 6.61 Å². The molecule has 0 saturated carbocycles. The number of benzene rings is 1. The van der Waals surface area contributed by atoms with Crippen molar-refractivity contribution >= 4 is 27.8 Å². The lowest BCUT2D eigenvalue weighted by Gasteiger charge is -2.16. The van der Waals surface area contributed by atoms with Crippen LogP contribution in [0.25, 0.3) is 6.08 Å². The van der Waals surface area contributed by atoms with Gasteiger partial charge in [0.25, 0.3) is 0 Å². The molecule has 22 heavy (non-hydrogen) atoms. The minimum absolute atomic E-state index is 0.0679. The first-order valence-corrected chi connectivity index (χ1v) is 7.69. The standard InChI is InChI=1S/C17H19BrF2O2/c1-4-12(10-11(3)21)6-7-13-8-9-15(18)16(14(13)5-2)22-17(19)20/h4-5,8-9,12,17H,1-2,6-7,10H2,3H3. The van der Waals surface area contributed by atoms with E-state index >= 15 is 0 Å². The van der Waals surface area contributed by atoms with Crippen molar-refractivity contribution in [2.75, 3.05) is 0 Å². The Balaban J connectivity index is 2.97. The highest BCUT2D eigenvalue weighted by atomic mass is 79.9. The van der Waals surface area contributed by atoms with Gasteiger partial charge in [0.15, 0.2) is 0 Å². The Kier molecular flexibility index (Phi) is 7.45. The average molecular weight is 373 g/mol. The van der Waals surface area contributed by atoms with Gasteiger partial charge in [-0.3, -0.25) is 0 Å². The predicted octanol–water partition coefficient (Wildman–Crippen LogP) is 5.41. The van der Waals surface area contributed by atoms with Crippen LogP contribution >= 0.6 is 15.9 Å². The highest BCUT2D eigenvalue weighted by Gasteiger charge is 2.16. The van der Waals surface area contributed by atoms with E-state index in [1.54, 1.807) is 19.1 Å². The van der Waals surface area contributed by atoms with E-state index in [2.05, 4.69) is 33.8 Å². The molecule has 0 spiro atoms. The molecule has 1 aromatic carbocycles. The normalized spacial score (nSPS) is 12.0. The average Bonchev–Trinajstić information content (AvgIpc) is 2.45. The van der Waals surface area contributed by atoms with Gasteiger partial charge in [-0.25, -0.2) is 0 Å². The summed E-state index contributed by atoms with van der Waals surface area (Å²) in [6.07, 6.45) is 5.03. The quantitative estimate of drug-likeness (QED) is 0.541. The maximum Gasteiger partial charge on any atom is 0.387 e. The number of ketones is 1. The lowest BCUT2D eigenvalue weighted by molar-refractivity contribution is -0.117. The van der Waals surface area contributed by atoms with Crippen molar-refractivity contribution in [2.24, 2.45) is 5.92 Å². The third-order valence-electron chi connectivity index (χ3n) is 3.32. The number of halogens is 3. The Morgan fingerprint density at radius 2 is 2.09 bits per heavy atom. The minimum Gasteiger partial charge on any atom is -0.433 e. The second-order valence-electron chi connectivity index (χ2n) is 4.97. The van der Waals surface area contributed by atoms with Crippen molar-refractivity contribution in [1.82, 2.24) is 0 Å². The molecule has 1 unspecified atom stereocenters. The van der Waals surface area contributed by atoms with Gasteiger partial charge in [-0.2, -0.15) is 8.78 Å². The molecule has 1 rings (SSSR count). The van der Waals surface area contributed by atoms with E-state index in [4.69, 9.17) is 0 Å². The van der Waals surface area contributed by atoms with Crippen LogP contribution in [0.4, 0.5) is 8.78 Å². The monoisotopic (exact) mass is 372 g/mol. The summed E-state index contributed by atoms with van der Waals surface area (Å²) in [5.74, 6) is 0.258. The zero-order valence-electron chi connectivity index (χ0n) is 12.5. The van der Waals surface area contributed by atoms with Gasteiger partial charge in [0, 0.05) is 12.0 Å². The molecule has 0 aliphatic heterocycles. The molecule has 0 aliphatic rings. The Labute approximate surface area is 138 Å². The first-order valence-electron chi connectivity index (χ1n) is 6.89. The lowest BCUT2D eigenvalue weighted by atomic mass is 9.93. The molecule has 2 nitrogen and oxygen atoms in total. The van der Waals surface area contributed by atoms with E-state index in [1.807, 2.05) is 6.07 Å². The summed E-state index contributed by atoms with van der Waals surface area (Å²) < 4.78 is 30.1. The van der Waals surface area contributed by atoms with Gasteiger partial charge in [0.05, 0.1) is 4.47 Å². The number of Topliss-reactive ketones (excluding diaryl/α,β-unsaturated/α-hetero) is 1. The number of ether oxygens (including phenoxy) is 1. The van der Waals surface area contributed by atoms with Gasteiger partial charge in [-0.15, -0.1) is 6.58 Å². The zero-order chi connectivity index (χ0) is 16.7. The summed E-state index contributed by atoms with van der Waals surface area (Å²) in [6.45, 7) is 6.05. The van der Waals surface area contributed by atoms with Crippen molar-refractivity contribution in [3.05, 3.63) is 47.0 Å². The third kappa shape index (κ3) is 5.37. The number of alkyl halides is 2. The molecule has 0 fully saturated rings. The molecular formula is C17H19BrF2O2. The van der Waals surface area contributed by atoms with E-state index in [9.17, 15) is 13.6 Å². The number of hydrogen-bond acceptors (Lipinski definition) is 2. The van der Waals surface area contributed by atoms with Gasteiger partial charge in [-0.1, -0.05) is 24.8 Å². The Morgan fingerprint density at radius 3 is 2.59 bits per heavy atom. The summed E-state index contributed by atoms with van der Waals surface area (Å²) in [4.78, 5) is 11.2. The number of rotatable bonds is 9. The number of carbonyl (C=O) groups is 1. The van der Waals surface area contributed by atoms with Crippen LogP contribution in [-0.4, -0.2) is 12.4 Å². The summed E-state index contributed by atoms with van der Waals surface area (Å²) in [7, 11) is 0. The van der Waals surface area contributed by atoms with Crippen molar-refractivity contribution < 1.29 is 18.3 Å². The first-order chi connectivity index (χ1) is 10.4. The fourth-order valence-corrected chi connectivity index (χ4v) is 2.72. The molecule has 1 aromatic rings. The molecule has 5 heteroatoms. The van der Waals surface area contributed by atoms with Crippen LogP contribution < -0.4 is 4.74 Å². The number of allylic oxidation sites excluding steroid dienone is 1. The molecule has 0 heterocycles. The largest absolute Gasteiger partial charge is 0.433 e. The predicted molar refractivity (Wildman–Crippen MR) is 88.2 cm³/mol. The maximum absolute atomic E-state index is 12.5. The van der Waals surface area contributed by atoms with Crippen LogP contribution in [0.3, 0.4) is 0 Å². The summed E-state index contributed by atoms with van der Waals surface area (Å²) >= 11 is 3.21. The molecule has 0 N–H and O–H groups in total. The van der Waals surface area contributed by atoms with Crippen LogP contribution in [0.5, 0.6) is 5.75 Å². The first kappa shape index (κ1) is 18.6. The second kappa shape index (κ2) is 8.83. The van der Waals surface area contributed by atoms with Gasteiger partial charge in [0.2, 0.25) is 0 Å². The van der Waals surface area contributed by atoms with Gasteiger partial charge >= 0.3 is 6.61 Å². The maximum atomic E-state index is 12.5. The fraction of sp³-hybridized carbons (Fsp3) is 0.353. The molecule has 0 amide bonds. The van der Waals surface area contributed by atoms with Gasteiger partial charge in [0.1, 0.15) is 11.5 Å². The SMILES string of the molecule is C=Cc1c(CCC(C=C)CC(C)=O)ccc(Br)c1OC(F)F. The van der Waals surface area contributed by atoms with Crippen LogP contribution in [-0.2, 0) is 11.2 Å². The van der Waals surface area contributed by atoms with E-state index in [1.165, 1.54) is 6.08 Å². The molecule has 0 bridgehead atoms. The van der Waals surface area contributed by atoms with Gasteiger partial charge in [-0.05, 0) is 53.2 Å². The van der Waals surface area contributed by atoms with Crippen molar-refractivity contribution in [3.63, 3.8) is 0 Å². The topological polar surface area (TPSA) is 26.3 Å². The lowest BCUT2D eigenvalue weighted by Crippen LogP contribution is -2.07. The molecular weight excluding hydrogens is 354 g/mol. The number of carbonyl (C=O) groups excluding carboxylic acids is 1. The summed E-state index contributed by atoms with van der Waals surface area (Å²) in [5, 5.41) is 0. The Morgan fingerprint density at radius 1 is 1.41 bits per heavy atom. The van der Waals surface area contributed by atoms with E-state index in [-0.39, 0.29) is 17.5 Å². The van der Waals surface area contributed by atoms with Crippen LogP contribution in [0.15, 0.2) is 35.8 Å². The molecule has 0 aromatic heterocycles. The summed E-state index contributed by atoms with van der Waals surface area (Å²) in [5.41, 5.74) is 1.39. The molecule has 1 atom stereocenters. The van der Waals surface area contributed by atoms with Crippen LogP contribution in [0.1, 0.15) is 30.9 Å². The van der Waals surface area contributed by atoms with E-state index in [0.29, 0.717) is 29.3 Å². The van der Waals surface area contributed by atoms with E-state index in [0.717, 1.165) is 5.56 Å². The minimum atomic E-state index is -2.90. The van der Waals surface area contributed by atoms with Crippen LogP contribution in [0.2, 0.25) is 0 Å².